The van der Waals surface area contributed by atoms with Crippen molar-refractivity contribution in [3.63, 3.8) is 0 Å². The van der Waals surface area contributed by atoms with E-state index in [1.54, 1.807) is 12.1 Å². The van der Waals surface area contributed by atoms with Crippen molar-refractivity contribution in [3.8, 4) is 0 Å². The van der Waals surface area contributed by atoms with E-state index >= 15 is 0 Å². The minimum absolute atomic E-state index is 0.255. The van der Waals surface area contributed by atoms with Gasteiger partial charge in [-0.1, -0.05) is 6.07 Å². The highest BCUT2D eigenvalue weighted by Crippen LogP contribution is 2.10. The number of nitrogens with two attached hydrogens (primary N) is 1. The smallest absolute Gasteiger partial charge is 0.326 e. The zero-order valence-electron chi connectivity index (χ0n) is 11.5. The molecule has 0 unspecified atom stereocenters. The van der Waals surface area contributed by atoms with Gasteiger partial charge in [0, 0.05) is 11.3 Å². The number of thioether (sulfide) groups is 1. The fraction of sp³-hybridized carbons (Fsp3) is 0.308. The summed E-state index contributed by atoms with van der Waals surface area (Å²) in [5.74, 6) is -1.08. The summed E-state index contributed by atoms with van der Waals surface area (Å²) in [6.45, 7) is 0. The molecular formula is C13H17N3O4S. The van der Waals surface area contributed by atoms with Crippen LogP contribution in [-0.2, 0) is 4.79 Å². The van der Waals surface area contributed by atoms with Crippen molar-refractivity contribution in [1.29, 1.82) is 0 Å². The lowest BCUT2D eigenvalue weighted by atomic mass is 10.2. The summed E-state index contributed by atoms with van der Waals surface area (Å²) in [6, 6.07) is 4.47. The summed E-state index contributed by atoms with van der Waals surface area (Å²) in [6.07, 6.45) is 2.18. The van der Waals surface area contributed by atoms with Gasteiger partial charge in [-0.05, 0) is 36.6 Å². The van der Waals surface area contributed by atoms with Gasteiger partial charge in [-0.3, -0.25) is 4.79 Å². The second-order valence-corrected chi connectivity index (χ2v) is 5.20. The molecule has 21 heavy (non-hydrogen) atoms. The first-order chi connectivity index (χ1) is 9.93. The molecule has 0 heterocycles. The van der Waals surface area contributed by atoms with Gasteiger partial charge >= 0.3 is 12.0 Å². The van der Waals surface area contributed by atoms with Crippen LogP contribution in [0.4, 0.5) is 10.5 Å². The number of hydrogen-bond acceptors (Lipinski definition) is 4. The summed E-state index contributed by atoms with van der Waals surface area (Å²) in [7, 11) is 0. The van der Waals surface area contributed by atoms with Gasteiger partial charge in [-0.25, -0.2) is 9.59 Å². The molecule has 3 amide bonds. The highest BCUT2D eigenvalue weighted by molar-refractivity contribution is 7.98. The third kappa shape index (κ3) is 5.74. The number of rotatable bonds is 7. The summed E-state index contributed by atoms with van der Waals surface area (Å²) >= 11 is 1.50. The largest absolute Gasteiger partial charge is 0.480 e. The molecular weight excluding hydrogens is 294 g/mol. The number of nitrogens with one attached hydrogen (secondary N) is 2. The Morgan fingerprint density at radius 2 is 2.10 bits per heavy atom. The standard InChI is InChI=1S/C13H17N3O4S/c1-21-6-5-10(12(18)19)16-13(20)15-9-4-2-3-8(7-9)11(14)17/h2-4,7,10H,5-6H2,1H3,(H2,14,17)(H,18,19)(H2,15,16,20)/t10-/m1/s1. The summed E-state index contributed by atoms with van der Waals surface area (Å²) in [4.78, 5) is 33.8. The summed E-state index contributed by atoms with van der Waals surface area (Å²) in [5, 5.41) is 13.9. The van der Waals surface area contributed by atoms with Crippen LogP contribution < -0.4 is 16.4 Å². The number of carbonyl (C=O) groups is 3. The first-order valence-corrected chi connectivity index (χ1v) is 7.52. The van der Waals surface area contributed by atoms with Crippen LogP contribution in [0.25, 0.3) is 0 Å². The number of urea groups is 1. The fourth-order valence-electron chi connectivity index (χ4n) is 1.57. The van der Waals surface area contributed by atoms with Crippen molar-refractivity contribution in [2.75, 3.05) is 17.3 Å². The van der Waals surface area contributed by atoms with E-state index in [1.165, 1.54) is 23.9 Å². The highest BCUT2D eigenvalue weighted by atomic mass is 32.2. The van der Waals surface area contributed by atoms with Gasteiger partial charge in [0.25, 0.3) is 0 Å². The zero-order chi connectivity index (χ0) is 15.8. The molecule has 0 spiro atoms. The third-order valence-corrected chi connectivity index (χ3v) is 3.26. The Labute approximate surface area is 126 Å². The summed E-state index contributed by atoms with van der Waals surface area (Å²) in [5.41, 5.74) is 5.76. The minimum Gasteiger partial charge on any atom is -0.480 e. The predicted molar refractivity (Wildman–Crippen MR) is 81.5 cm³/mol. The normalized spacial score (nSPS) is 11.5. The van der Waals surface area contributed by atoms with Gasteiger partial charge in [-0.15, -0.1) is 0 Å². The molecule has 0 aliphatic heterocycles. The molecule has 1 rings (SSSR count). The van der Waals surface area contributed by atoms with Crippen LogP contribution in [0.15, 0.2) is 24.3 Å². The molecule has 114 valence electrons. The van der Waals surface area contributed by atoms with E-state index < -0.39 is 23.9 Å². The van der Waals surface area contributed by atoms with Crippen molar-refractivity contribution in [2.45, 2.75) is 12.5 Å². The van der Waals surface area contributed by atoms with Gasteiger partial charge < -0.3 is 21.5 Å². The van der Waals surface area contributed by atoms with Gasteiger partial charge in [0.15, 0.2) is 0 Å². The Morgan fingerprint density at radius 1 is 1.38 bits per heavy atom. The Balaban J connectivity index is 2.65. The van der Waals surface area contributed by atoms with Gasteiger partial charge in [0.2, 0.25) is 5.91 Å². The van der Waals surface area contributed by atoms with Gasteiger partial charge in [0.1, 0.15) is 6.04 Å². The molecule has 8 heteroatoms. The number of carbonyl (C=O) groups excluding carboxylic acids is 2. The van der Waals surface area contributed by atoms with Crippen molar-refractivity contribution < 1.29 is 19.5 Å². The molecule has 1 aromatic rings. The first-order valence-electron chi connectivity index (χ1n) is 6.13. The van der Waals surface area contributed by atoms with E-state index in [1.807, 2.05) is 6.26 Å². The fourth-order valence-corrected chi connectivity index (χ4v) is 2.04. The maximum absolute atomic E-state index is 11.8. The number of carboxylic acid groups (broad SMARTS) is 1. The lowest BCUT2D eigenvalue weighted by Gasteiger charge is -2.14. The van der Waals surface area contributed by atoms with Crippen LogP contribution in [-0.4, -0.2) is 41.1 Å². The Bertz CT molecular complexity index is 536. The lowest BCUT2D eigenvalue weighted by Crippen LogP contribution is -2.43. The quantitative estimate of drug-likeness (QED) is 0.601. The number of anilines is 1. The van der Waals surface area contributed by atoms with Crippen molar-refractivity contribution >= 4 is 35.4 Å². The van der Waals surface area contributed by atoms with Crippen molar-refractivity contribution in [2.24, 2.45) is 5.73 Å². The maximum Gasteiger partial charge on any atom is 0.326 e. The van der Waals surface area contributed by atoms with Crippen LogP contribution >= 0.6 is 11.8 Å². The second-order valence-electron chi connectivity index (χ2n) is 4.22. The first kappa shape index (κ1) is 16.8. The number of carboxylic acids is 1. The molecule has 1 aromatic carbocycles. The molecule has 7 nitrogen and oxygen atoms in total. The van der Waals surface area contributed by atoms with Crippen molar-refractivity contribution in [1.82, 2.24) is 5.32 Å². The number of amides is 3. The zero-order valence-corrected chi connectivity index (χ0v) is 12.3. The lowest BCUT2D eigenvalue weighted by molar-refractivity contribution is -0.139. The monoisotopic (exact) mass is 311 g/mol. The maximum atomic E-state index is 11.8. The average molecular weight is 311 g/mol. The van der Waals surface area contributed by atoms with Crippen LogP contribution in [0.3, 0.4) is 0 Å². The molecule has 0 saturated carbocycles. The molecule has 0 saturated heterocycles. The highest BCUT2D eigenvalue weighted by Gasteiger charge is 2.19. The molecule has 0 fully saturated rings. The number of aliphatic carboxylic acids is 1. The SMILES string of the molecule is CSCC[C@@H](NC(=O)Nc1cccc(C(N)=O)c1)C(=O)O. The van der Waals surface area contributed by atoms with Crippen molar-refractivity contribution in [3.05, 3.63) is 29.8 Å². The van der Waals surface area contributed by atoms with Crippen LogP contribution in [0.2, 0.25) is 0 Å². The Hall–Kier alpha value is -2.22. The van der Waals surface area contributed by atoms with Crippen LogP contribution in [0.1, 0.15) is 16.8 Å². The molecule has 0 radical (unpaired) electrons. The molecule has 0 aliphatic carbocycles. The van der Waals surface area contributed by atoms with E-state index in [0.29, 0.717) is 17.9 Å². The van der Waals surface area contributed by atoms with Gasteiger partial charge in [-0.2, -0.15) is 11.8 Å². The number of hydrogen-bond donors (Lipinski definition) is 4. The molecule has 1 atom stereocenters. The predicted octanol–water partition coefficient (Wildman–Crippen LogP) is 1.11. The number of benzene rings is 1. The second kappa shape index (κ2) is 8.15. The third-order valence-electron chi connectivity index (χ3n) is 2.62. The molecule has 0 aromatic heterocycles. The molecule has 5 N–H and O–H groups in total. The van der Waals surface area contributed by atoms with Crippen LogP contribution in [0.5, 0.6) is 0 Å². The Kier molecular flexibility index (Phi) is 6.54. The van der Waals surface area contributed by atoms with Crippen LogP contribution in [0, 0.1) is 0 Å². The number of primary amides is 1. The van der Waals surface area contributed by atoms with Gasteiger partial charge in [0.05, 0.1) is 0 Å². The van der Waals surface area contributed by atoms with E-state index in [0.717, 1.165) is 0 Å². The topological polar surface area (TPSA) is 122 Å². The van der Waals surface area contributed by atoms with E-state index in [9.17, 15) is 14.4 Å². The summed E-state index contributed by atoms with van der Waals surface area (Å²) < 4.78 is 0. The molecule has 0 aliphatic rings. The van der Waals surface area contributed by atoms with E-state index in [4.69, 9.17) is 10.8 Å². The molecule has 0 bridgehead atoms. The average Bonchev–Trinajstić information content (AvgIpc) is 2.43. The van der Waals surface area contributed by atoms with E-state index in [-0.39, 0.29) is 5.56 Å². The Morgan fingerprint density at radius 3 is 2.67 bits per heavy atom. The minimum atomic E-state index is -1.09. The van der Waals surface area contributed by atoms with E-state index in [2.05, 4.69) is 10.6 Å².